The van der Waals surface area contributed by atoms with Crippen molar-refractivity contribution in [2.45, 2.75) is 64.1 Å². The van der Waals surface area contributed by atoms with Crippen molar-refractivity contribution in [2.75, 3.05) is 13.1 Å². The van der Waals surface area contributed by atoms with E-state index >= 15 is 0 Å². The summed E-state index contributed by atoms with van der Waals surface area (Å²) in [4.78, 5) is 2.36. The normalized spacial score (nSPS) is 30.1. The van der Waals surface area contributed by atoms with Gasteiger partial charge in [0.1, 0.15) is 5.67 Å². The summed E-state index contributed by atoms with van der Waals surface area (Å²) in [5.74, 6) is 0.469. The Labute approximate surface area is 105 Å². The lowest BCUT2D eigenvalue weighted by Crippen LogP contribution is -2.62. The average molecular weight is 239 g/mol. The molecule has 1 atom stereocenters. The van der Waals surface area contributed by atoms with Gasteiger partial charge in [0.2, 0.25) is 0 Å². The Bertz CT molecular complexity index is 279. The maximum absolute atomic E-state index is 14.3. The summed E-state index contributed by atoms with van der Waals surface area (Å²) in [6.07, 6.45) is 6.71. The van der Waals surface area contributed by atoms with Gasteiger partial charge in [-0.25, -0.2) is 4.39 Å². The van der Waals surface area contributed by atoms with Gasteiger partial charge in [0.05, 0.1) is 0 Å². The molecule has 2 rings (SSSR count). The molecule has 0 spiro atoms. The molecule has 1 saturated carbocycles. The Hall–Kier alpha value is -0.370. The van der Waals surface area contributed by atoms with Crippen LogP contribution in [-0.2, 0) is 0 Å². The minimum Gasteiger partial charge on any atom is -0.294 e. The molecule has 0 N–H and O–H groups in total. The maximum Gasteiger partial charge on any atom is 0.136 e. The van der Waals surface area contributed by atoms with Crippen LogP contribution in [0.1, 0.15) is 52.4 Å². The van der Waals surface area contributed by atoms with Gasteiger partial charge in [0, 0.05) is 19.1 Å². The fourth-order valence-electron chi connectivity index (χ4n) is 3.39. The molecule has 2 fully saturated rings. The predicted molar refractivity (Wildman–Crippen MR) is 70.9 cm³/mol. The molecule has 0 bridgehead atoms. The molecule has 0 aromatic carbocycles. The summed E-state index contributed by atoms with van der Waals surface area (Å²) in [5, 5.41) is 0. The predicted octanol–water partition coefficient (Wildman–Crippen LogP) is 3.95. The van der Waals surface area contributed by atoms with Crippen molar-refractivity contribution in [1.82, 2.24) is 4.90 Å². The summed E-state index contributed by atoms with van der Waals surface area (Å²) < 4.78 is 14.3. The summed E-state index contributed by atoms with van der Waals surface area (Å²) in [6, 6.07) is 0.616. The molecule has 0 radical (unpaired) electrons. The second kappa shape index (κ2) is 5.09. The molecule has 1 aliphatic carbocycles. The smallest absolute Gasteiger partial charge is 0.136 e. The zero-order valence-electron chi connectivity index (χ0n) is 11.3. The molecule has 0 aromatic heterocycles. The van der Waals surface area contributed by atoms with Crippen molar-refractivity contribution in [3.8, 4) is 0 Å². The minimum absolute atomic E-state index is 0.469. The highest BCUT2D eigenvalue weighted by atomic mass is 19.1. The van der Waals surface area contributed by atoms with Crippen molar-refractivity contribution >= 4 is 0 Å². The first-order valence-corrected chi connectivity index (χ1v) is 7.08. The molecule has 1 heterocycles. The molecule has 0 aromatic rings. The number of nitrogens with zero attached hydrogens (tertiary/aromatic N) is 1. The van der Waals surface area contributed by atoms with Crippen LogP contribution in [0.2, 0.25) is 0 Å². The Morgan fingerprint density at radius 2 is 2.06 bits per heavy atom. The van der Waals surface area contributed by atoms with Gasteiger partial charge < -0.3 is 0 Å². The highest BCUT2D eigenvalue weighted by molar-refractivity contribution is 5.03. The number of hydrogen-bond acceptors (Lipinski definition) is 1. The van der Waals surface area contributed by atoms with Gasteiger partial charge in [0.15, 0.2) is 0 Å². The van der Waals surface area contributed by atoms with Crippen LogP contribution in [0.4, 0.5) is 4.39 Å². The van der Waals surface area contributed by atoms with E-state index in [9.17, 15) is 4.39 Å². The SMILES string of the molecule is C=C1CCCC(N2CC(F)(CC(C)C)C2)CC1. The topological polar surface area (TPSA) is 3.24 Å². The lowest BCUT2D eigenvalue weighted by molar-refractivity contribution is -0.0712. The largest absolute Gasteiger partial charge is 0.294 e. The fourth-order valence-corrected chi connectivity index (χ4v) is 3.39. The molecule has 2 heteroatoms. The van der Waals surface area contributed by atoms with Crippen molar-refractivity contribution in [3.63, 3.8) is 0 Å². The number of alkyl halides is 1. The maximum atomic E-state index is 14.3. The van der Waals surface area contributed by atoms with Crippen LogP contribution in [0.15, 0.2) is 12.2 Å². The molecule has 1 saturated heterocycles. The molecule has 98 valence electrons. The van der Waals surface area contributed by atoms with E-state index in [1.165, 1.54) is 31.3 Å². The van der Waals surface area contributed by atoms with Crippen LogP contribution in [0.3, 0.4) is 0 Å². The van der Waals surface area contributed by atoms with E-state index in [-0.39, 0.29) is 0 Å². The van der Waals surface area contributed by atoms with Gasteiger partial charge in [-0.2, -0.15) is 0 Å². The Kier molecular flexibility index (Phi) is 3.92. The summed E-state index contributed by atoms with van der Waals surface area (Å²) in [7, 11) is 0. The highest BCUT2D eigenvalue weighted by Crippen LogP contribution is 2.36. The number of rotatable bonds is 3. The summed E-state index contributed by atoms with van der Waals surface area (Å²) in [6.45, 7) is 9.65. The molecule has 1 unspecified atom stereocenters. The highest BCUT2D eigenvalue weighted by Gasteiger charge is 2.45. The first-order valence-electron chi connectivity index (χ1n) is 7.08. The lowest BCUT2D eigenvalue weighted by atomic mass is 9.85. The third kappa shape index (κ3) is 3.31. The zero-order valence-corrected chi connectivity index (χ0v) is 11.3. The van der Waals surface area contributed by atoms with Crippen LogP contribution in [0.25, 0.3) is 0 Å². The number of hydrogen-bond donors (Lipinski definition) is 0. The second-order valence-electron chi connectivity index (χ2n) is 6.49. The number of likely N-dealkylation sites (tertiary alicyclic amines) is 1. The van der Waals surface area contributed by atoms with Gasteiger partial charge in [-0.1, -0.05) is 26.0 Å². The van der Waals surface area contributed by atoms with Crippen molar-refractivity contribution < 1.29 is 4.39 Å². The van der Waals surface area contributed by atoms with E-state index in [2.05, 4.69) is 25.3 Å². The third-order valence-electron chi connectivity index (χ3n) is 4.16. The van der Waals surface area contributed by atoms with Gasteiger partial charge >= 0.3 is 0 Å². The summed E-state index contributed by atoms with van der Waals surface area (Å²) >= 11 is 0. The van der Waals surface area contributed by atoms with Gasteiger partial charge in [0.25, 0.3) is 0 Å². The van der Waals surface area contributed by atoms with Gasteiger partial charge in [-0.05, 0) is 44.4 Å². The summed E-state index contributed by atoms with van der Waals surface area (Å²) in [5.41, 5.74) is 0.499. The van der Waals surface area contributed by atoms with E-state index in [0.29, 0.717) is 25.0 Å². The van der Waals surface area contributed by atoms with E-state index in [0.717, 1.165) is 12.8 Å². The fraction of sp³-hybridized carbons (Fsp3) is 0.867. The molecular weight excluding hydrogens is 213 g/mol. The van der Waals surface area contributed by atoms with Crippen molar-refractivity contribution in [3.05, 3.63) is 12.2 Å². The Balaban J connectivity index is 1.80. The third-order valence-corrected chi connectivity index (χ3v) is 4.16. The van der Waals surface area contributed by atoms with Gasteiger partial charge in [-0.3, -0.25) is 4.90 Å². The lowest BCUT2D eigenvalue weighted by Gasteiger charge is -2.49. The molecule has 1 nitrogen and oxygen atoms in total. The molecule has 17 heavy (non-hydrogen) atoms. The van der Waals surface area contributed by atoms with E-state index in [1.807, 2.05) is 0 Å². The molecule has 0 amide bonds. The number of allylic oxidation sites excluding steroid dienone is 1. The first-order chi connectivity index (χ1) is 7.98. The van der Waals surface area contributed by atoms with Crippen LogP contribution in [0.5, 0.6) is 0 Å². The monoisotopic (exact) mass is 239 g/mol. The quantitative estimate of drug-likeness (QED) is 0.532. The van der Waals surface area contributed by atoms with E-state index in [1.54, 1.807) is 0 Å². The van der Waals surface area contributed by atoms with Crippen LogP contribution in [0, 0.1) is 5.92 Å². The van der Waals surface area contributed by atoms with Crippen LogP contribution in [-0.4, -0.2) is 29.7 Å². The number of halogens is 1. The van der Waals surface area contributed by atoms with Crippen LogP contribution >= 0.6 is 0 Å². The molecule has 1 aliphatic heterocycles. The van der Waals surface area contributed by atoms with Crippen molar-refractivity contribution in [2.24, 2.45) is 5.92 Å². The standard InChI is InChI=1S/C15H26FN/c1-12(2)9-15(16)10-17(11-15)14-6-4-5-13(3)7-8-14/h12,14H,3-11H2,1-2H3. The van der Waals surface area contributed by atoms with Crippen molar-refractivity contribution in [1.29, 1.82) is 0 Å². The molecule has 2 aliphatic rings. The minimum atomic E-state index is -0.891. The molecular formula is C15H26FN. The Morgan fingerprint density at radius 3 is 2.71 bits per heavy atom. The van der Waals surface area contributed by atoms with Crippen LogP contribution < -0.4 is 0 Å². The van der Waals surface area contributed by atoms with E-state index < -0.39 is 5.67 Å². The second-order valence-corrected chi connectivity index (χ2v) is 6.49. The van der Waals surface area contributed by atoms with Gasteiger partial charge in [-0.15, -0.1) is 0 Å². The zero-order chi connectivity index (χ0) is 12.5. The average Bonchev–Trinajstić information content (AvgIpc) is 2.38. The first kappa shape index (κ1) is 13.1. The van der Waals surface area contributed by atoms with E-state index in [4.69, 9.17) is 0 Å². The Morgan fingerprint density at radius 1 is 1.35 bits per heavy atom.